The van der Waals surface area contributed by atoms with Crippen molar-refractivity contribution in [2.75, 3.05) is 13.1 Å². The van der Waals surface area contributed by atoms with Crippen LogP contribution in [0, 0.1) is 35.5 Å². The number of carbonyl (C=O) groups is 1. The van der Waals surface area contributed by atoms with E-state index < -0.39 is 0 Å². The lowest BCUT2D eigenvalue weighted by Crippen LogP contribution is -2.41. The number of rotatable bonds is 1. The van der Waals surface area contributed by atoms with Crippen LogP contribution in [-0.2, 0) is 4.79 Å². The summed E-state index contributed by atoms with van der Waals surface area (Å²) in [5.41, 5.74) is 7.38. The first kappa shape index (κ1) is 13.8. The van der Waals surface area contributed by atoms with Crippen molar-refractivity contribution >= 4 is 5.91 Å². The van der Waals surface area contributed by atoms with Crippen LogP contribution >= 0.6 is 0 Å². The molecule has 1 heterocycles. The number of nitrogens with one attached hydrogen (secondary N) is 1. The Bertz CT molecular complexity index is 458. The molecule has 0 aromatic carbocycles. The molecule has 0 radical (unpaired) electrons. The fraction of sp³-hybridized carbons (Fsp3) is 0.833. The molecule has 0 aromatic heterocycles. The molecule has 116 valence electrons. The first-order valence-electron chi connectivity index (χ1n) is 8.94. The maximum Gasteiger partial charge on any atom is 0.220 e. The SMILES string of the molecule is NC(=O)C1CCC2C1CCC1C3CCNCCC3=CCC12. The van der Waals surface area contributed by atoms with Gasteiger partial charge in [-0.1, -0.05) is 11.6 Å². The zero-order valence-electron chi connectivity index (χ0n) is 12.9. The highest BCUT2D eigenvalue weighted by molar-refractivity contribution is 5.77. The van der Waals surface area contributed by atoms with Gasteiger partial charge in [0.15, 0.2) is 0 Å². The second-order valence-corrected chi connectivity index (χ2v) is 7.73. The molecule has 2 saturated carbocycles. The van der Waals surface area contributed by atoms with Crippen LogP contribution in [0.3, 0.4) is 0 Å². The summed E-state index contributed by atoms with van der Waals surface area (Å²) in [6.45, 7) is 2.35. The first-order chi connectivity index (χ1) is 10.3. The summed E-state index contributed by atoms with van der Waals surface area (Å²) in [7, 11) is 0. The van der Waals surface area contributed by atoms with Crippen LogP contribution < -0.4 is 11.1 Å². The molecule has 1 amide bonds. The van der Waals surface area contributed by atoms with E-state index in [1.54, 1.807) is 5.57 Å². The van der Waals surface area contributed by atoms with E-state index >= 15 is 0 Å². The fourth-order valence-corrected chi connectivity index (χ4v) is 6.18. The predicted octanol–water partition coefficient (Wildman–Crippen LogP) is 2.47. The van der Waals surface area contributed by atoms with Crippen molar-refractivity contribution in [1.29, 1.82) is 0 Å². The van der Waals surface area contributed by atoms with Gasteiger partial charge in [0.05, 0.1) is 0 Å². The summed E-state index contributed by atoms with van der Waals surface area (Å²) >= 11 is 0. The summed E-state index contributed by atoms with van der Waals surface area (Å²) in [4.78, 5) is 11.7. The summed E-state index contributed by atoms with van der Waals surface area (Å²) in [5.74, 6) is 4.06. The molecule has 0 spiro atoms. The van der Waals surface area contributed by atoms with Gasteiger partial charge in [-0.2, -0.15) is 0 Å². The van der Waals surface area contributed by atoms with Crippen molar-refractivity contribution in [3.63, 3.8) is 0 Å². The topological polar surface area (TPSA) is 55.1 Å². The largest absolute Gasteiger partial charge is 0.369 e. The first-order valence-corrected chi connectivity index (χ1v) is 8.94. The molecule has 3 heteroatoms. The molecule has 6 unspecified atom stereocenters. The minimum absolute atomic E-state index is 0.0355. The summed E-state index contributed by atoms with van der Waals surface area (Å²) in [5, 5.41) is 3.57. The van der Waals surface area contributed by atoms with Gasteiger partial charge in [-0.15, -0.1) is 0 Å². The Labute approximate surface area is 127 Å². The van der Waals surface area contributed by atoms with Gasteiger partial charge in [0.1, 0.15) is 0 Å². The molecule has 6 atom stereocenters. The molecule has 4 rings (SSSR count). The van der Waals surface area contributed by atoms with Crippen molar-refractivity contribution in [3.8, 4) is 0 Å². The van der Waals surface area contributed by atoms with E-state index in [9.17, 15) is 4.79 Å². The average molecular weight is 288 g/mol. The predicted molar refractivity (Wildman–Crippen MR) is 83.4 cm³/mol. The Morgan fingerprint density at radius 1 is 1.00 bits per heavy atom. The minimum atomic E-state index is -0.0355. The standard InChI is InChI=1S/C18H28N2O/c19-18(21)17-6-5-15-14-2-1-11-7-9-20-10-8-12(11)13(14)3-4-16(15)17/h1,12-17,20H,2-10H2,(H2,19,21). The Morgan fingerprint density at radius 2 is 1.81 bits per heavy atom. The van der Waals surface area contributed by atoms with Gasteiger partial charge in [-0.3, -0.25) is 4.79 Å². The number of carbonyl (C=O) groups excluding carboxylic acids is 1. The Hall–Kier alpha value is -0.830. The van der Waals surface area contributed by atoms with Gasteiger partial charge in [0.25, 0.3) is 0 Å². The van der Waals surface area contributed by atoms with Crippen molar-refractivity contribution in [1.82, 2.24) is 5.32 Å². The zero-order chi connectivity index (χ0) is 14.4. The highest BCUT2D eigenvalue weighted by Crippen LogP contribution is 2.56. The minimum Gasteiger partial charge on any atom is -0.369 e. The van der Waals surface area contributed by atoms with Gasteiger partial charge in [0.2, 0.25) is 5.91 Å². The second kappa shape index (κ2) is 5.42. The van der Waals surface area contributed by atoms with Gasteiger partial charge in [-0.05, 0) is 87.6 Å². The van der Waals surface area contributed by atoms with E-state index in [1.165, 1.54) is 45.1 Å². The van der Waals surface area contributed by atoms with E-state index in [-0.39, 0.29) is 11.8 Å². The number of amides is 1. The quantitative estimate of drug-likeness (QED) is 0.728. The fourth-order valence-electron chi connectivity index (χ4n) is 6.18. The molecule has 3 nitrogen and oxygen atoms in total. The summed E-state index contributed by atoms with van der Waals surface area (Å²) in [6, 6.07) is 0. The number of primary amides is 1. The van der Waals surface area contributed by atoms with E-state index in [4.69, 9.17) is 5.73 Å². The third-order valence-electron chi connectivity index (χ3n) is 7.04. The smallest absolute Gasteiger partial charge is 0.220 e. The number of hydrogen-bond acceptors (Lipinski definition) is 2. The maximum absolute atomic E-state index is 11.7. The van der Waals surface area contributed by atoms with Crippen molar-refractivity contribution < 1.29 is 4.79 Å². The normalized spacial score (nSPS) is 45.8. The molecule has 3 N–H and O–H groups in total. The molecular formula is C18H28N2O. The van der Waals surface area contributed by atoms with E-state index in [0.29, 0.717) is 5.92 Å². The van der Waals surface area contributed by atoms with Crippen LogP contribution in [0.5, 0.6) is 0 Å². The van der Waals surface area contributed by atoms with Gasteiger partial charge in [-0.25, -0.2) is 0 Å². The van der Waals surface area contributed by atoms with Crippen LogP contribution in [-0.4, -0.2) is 19.0 Å². The molecule has 4 aliphatic rings. The zero-order valence-corrected chi connectivity index (χ0v) is 12.9. The number of fused-ring (bicyclic) bond motifs is 5. The second-order valence-electron chi connectivity index (χ2n) is 7.73. The van der Waals surface area contributed by atoms with Crippen LogP contribution in [0.25, 0.3) is 0 Å². The molecule has 21 heavy (non-hydrogen) atoms. The third-order valence-corrected chi connectivity index (χ3v) is 7.04. The van der Waals surface area contributed by atoms with Crippen molar-refractivity contribution in [3.05, 3.63) is 11.6 Å². The third kappa shape index (κ3) is 2.25. The van der Waals surface area contributed by atoms with Crippen molar-refractivity contribution in [2.45, 2.75) is 44.9 Å². The van der Waals surface area contributed by atoms with E-state index in [2.05, 4.69) is 11.4 Å². The van der Waals surface area contributed by atoms with Crippen LogP contribution in [0.2, 0.25) is 0 Å². The van der Waals surface area contributed by atoms with Crippen LogP contribution in [0.1, 0.15) is 44.9 Å². The van der Waals surface area contributed by atoms with Gasteiger partial charge in [0, 0.05) is 5.92 Å². The van der Waals surface area contributed by atoms with Gasteiger partial charge >= 0.3 is 0 Å². The maximum atomic E-state index is 11.7. The van der Waals surface area contributed by atoms with Crippen molar-refractivity contribution in [2.24, 2.45) is 41.2 Å². The molecule has 3 aliphatic carbocycles. The summed E-state index contributed by atoms with van der Waals surface area (Å²) in [6.07, 6.45) is 11.3. The summed E-state index contributed by atoms with van der Waals surface area (Å²) < 4.78 is 0. The average Bonchev–Trinajstić information content (AvgIpc) is 2.77. The molecular weight excluding hydrogens is 260 g/mol. The number of hydrogen-bond donors (Lipinski definition) is 2. The highest BCUT2D eigenvalue weighted by Gasteiger charge is 2.50. The lowest BCUT2D eigenvalue weighted by atomic mass is 9.58. The van der Waals surface area contributed by atoms with E-state index in [0.717, 1.165) is 36.6 Å². The molecule has 3 fully saturated rings. The molecule has 0 bridgehead atoms. The molecule has 1 aliphatic heterocycles. The van der Waals surface area contributed by atoms with Gasteiger partial charge < -0.3 is 11.1 Å². The monoisotopic (exact) mass is 288 g/mol. The van der Waals surface area contributed by atoms with Crippen LogP contribution in [0.4, 0.5) is 0 Å². The molecule has 1 saturated heterocycles. The molecule has 0 aromatic rings. The Morgan fingerprint density at radius 3 is 2.67 bits per heavy atom. The Balaban J connectivity index is 1.57. The lowest BCUT2D eigenvalue weighted by molar-refractivity contribution is -0.123. The van der Waals surface area contributed by atoms with Crippen LogP contribution in [0.15, 0.2) is 11.6 Å². The number of nitrogens with two attached hydrogens (primary N) is 1. The van der Waals surface area contributed by atoms with E-state index in [1.807, 2.05) is 0 Å². The lowest BCUT2D eigenvalue weighted by Gasteiger charge is -2.47. The highest BCUT2D eigenvalue weighted by atomic mass is 16.1. The number of allylic oxidation sites excluding steroid dienone is 1. The Kier molecular flexibility index (Phi) is 3.56.